The molecule has 1 amide bonds. The highest BCUT2D eigenvalue weighted by atomic mass is 79.9. The van der Waals surface area contributed by atoms with Crippen LogP contribution in [0.4, 0.5) is 10.5 Å². The second kappa shape index (κ2) is 7.63. The molecule has 8 heteroatoms. The SMILES string of the molecule is CC1CN(C(=O)O)CCN1c1ccc(-n2cc(Br)c(-c3ccncc3)n2)cc1. The first-order chi connectivity index (χ1) is 13.5. The molecule has 3 aromatic rings. The summed E-state index contributed by atoms with van der Waals surface area (Å²) in [5.41, 5.74) is 3.91. The lowest BCUT2D eigenvalue weighted by Gasteiger charge is -2.40. The van der Waals surface area contributed by atoms with Gasteiger partial charge in [0.15, 0.2) is 0 Å². The quantitative estimate of drug-likeness (QED) is 0.667. The third-order valence-electron chi connectivity index (χ3n) is 4.97. The minimum Gasteiger partial charge on any atom is -0.465 e. The number of piperazine rings is 1. The lowest BCUT2D eigenvalue weighted by Crippen LogP contribution is -2.53. The molecule has 1 saturated heterocycles. The molecule has 1 aliphatic heterocycles. The number of pyridine rings is 1. The van der Waals surface area contributed by atoms with E-state index in [0.717, 1.165) is 27.1 Å². The molecule has 1 aliphatic rings. The standard InChI is InChI=1S/C20H20BrN5O2/c1-14-12-24(20(27)28)10-11-25(14)16-2-4-17(5-3-16)26-13-18(21)19(23-26)15-6-8-22-9-7-15/h2-9,13-14H,10-12H2,1H3,(H,27,28). The molecule has 1 atom stereocenters. The molecule has 4 rings (SSSR count). The van der Waals surface area contributed by atoms with Crippen molar-refractivity contribution in [3.8, 4) is 16.9 Å². The van der Waals surface area contributed by atoms with Gasteiger partial charge < -0.3 is 14.9 Å². The Hall–Kier alpha value is -2.87. The smallest absolute Gasteiger partial charge is 0.407 e. The predicted molar refractivity (Wildman–Crippen MR) is 111 cm³/mol. The number of rotatable bonds is 3. The van der Waals surface area contributed by atoms with Gasteiger partial charge in [0, 0.05) is 55.5 Å². The van der Waals surface area contributed by atoms with Crippen LogP contribution < -0.4 is 4.90 Å². The van der Waals surface area contributed by atoms with Crippen LogP contribution in [0.3, 0.4) is 0 Å². The Kier molecular flexibility index (Phi) is 5.04. The van der Waals surface area contributed by atoms with Crippen molar-refractivity contribution in [1.82, 2.24) is 19.7 Å². The second-order valence-electron chi connectivity index (χ2n) is 6.79. The maximum absolute atomic E-state index is 11.2. The van der Waals surface area contributed by atoms with Gasteiger partial charge in [0.25, 0.3) is 0 Å². The minimum absolute atomic E-state index is 0.132. The van der Waals surface area contributed by atoms with E-state index < -0.39 is 6.09 Å². The molecule has 1 N–H and O–H groups in total. The first-order valence-electron chi connectivity index (χ1n) is 9.03. The molecule has 28 heavy (non-hydrogen) atoms. The summed E-state index contributed by atoms with van der Waals surface area (Å²) in [6.07, 6.45) is 4.59. The van der Waals surface area contributed by atoms with Gasteiger partial charge in [-0.05, 0) is 59.3 Å². The molecule has 1 unspecified atom stereocenters. The van der Waals surface area contributed by atoms with Crippen LogP contribution in [-0.4, -0.2) is 56.5 Å². The van der Waals surface area contributed by atoms with E-state index in [1.807, 2.05) is 35.1 Å². The zero-order chi connectivity index (χ0) is 19.7. The molecule has 144 valence electrons. The topological polar surface area (TPSA) is 74.5 Å². The minimum atomic E-state index is -0.851. The summed E-state index contributed by atoms with van der Waals surface area (Å²) < 4.78 is 2.76. The Morgan fingerprint density at radius 1 is 1.11 bits per heavy atom. The van der Waals surface area contributed by atoms with E-state index in [1.165, 1.54) is 4.90 Å². The largest absolute Gasteiger partial charge is 0.465 e. The molecular weight excluding hydrogens is 422 g/mol. The molecule has 0 radical (unpaired) electrons. The van der Waals surface area contributed by atoms with Gasteiger partial charge in [-0.1, -0.05) is 0 Å². The van der Waals surface area contributed by atoms with Gasteiger partial charge in [-0.2, -0.15) is 5.10 Å². The summed E-state index contributed by atoms with van der Waals surface area (Å²) in [5, 5.41) is 13.9. The Morgan fingerprint density at radius 2 is 1.79 bits per heavy atom. The number of anilines is 1. The zero-order valence-electron chi connectivity index (χ0n) is 15.4. The van der Waals surface area contributed by atoms with Crippen molar-refractivity contribution >= 4 is 27.7 Å². The summed E-state index contributed by atoms with van der Waals surface area (Å²) in [6.45, 7) is 3.77. The van der Waals surface area contributed by atoms with Crippen molar-refractivity contribution in [2.75, 3.05) is 24.5 Å². The molecule has 0 spiro atoms. The van der Waals surface area contributed by atoms with Crippen LogP contribution in [-0.2, 0) is 0 Å². The van der Waals surface area contributed by atoms with Crippen molar-refractivity contribution in [3.05, 3.63) is 59.5 Å². The lowest BCUT2D eigenvalue weighted by molar-refractivity contribution is 0.136. The van der Waals surface area contributed by atoms with Crippen molar-refractivity contribution in [3.63, 3.8) is 0 Å². The second-order valence-corrected chi connectivity index (χ2v) is 7.65. The normalized spacial score (nSPS) is 17.0. The van der Waals surface area contributed by atoms with Crippen LogP contribution in [0.1, 0.15) is 6.92 Å². The first kappa shape index (κ1) is 18.5. The van der Waals surface area contributed by atoms with E-state index in [1.54, 1.807) is 12.4 Å². The van der Waals surface area contributed by atoms with E-state index in [9.17, 15) is 9.90 Å². The fraction of sp³-hybridized carbons (Fsp3) is 0.250. The number of aromatic nitrogens is 3. The van der Waals surface area contributed by atoms with Crippen molar-refractivity contribution in [2.24, 2.45) is 0 Å². The average molecular weight is 442 g/mol. The number of carbonyl (C=O) groups is 1. The van der Waals surface area contributed by atoms with E-state index in [2.05, 4.69) is 44.9 Å². The van der Waals surface area contributed by atoms with Gasteiger partial charge in [-0.25, -0.2) is 9.48 Å². The van der Waals surface area contributed by atoms with Crippen LogP contribution in [0.2, 0.25) is 0 Å². The van der Waals surface area contributed by atoms with Crippen LogP contribution >= 0.6 is 15.9 Å². The third-order valence-corrected chi connectivity index (χ3v) is 5.55. The van der Waals surface area contributed by atoms with E-state index in [0.29, 0.717) is 19.6 Å². The number of hydrogen-bond acceptors (Lipinski definition) is 4. The fourth-order valence-electron chi connectivity index (χ4n) is 3.50. The molecule has 1 aromatic carbocycles. The van der Waals surface area contributed by atoms with Gasteiger partial charge >= 0.3 is 6.09 Å². The Bertz CT molecular complexity index is 974. The highest BCUT2D eigenvalue weighted by Crippen LogP contribution is 2.28. The van der Waals surface area contributed by atoms with Gasteiger partial charge in [0.2, 0.25) is 0 Å². The summed E-state index contributed by atoms with van der Waals surface area (Å²) in [6, 6.07) is 12.2. The van der Waals surface area contributed by atoms with Gasteiger partial charge in [-0.15, -0.1) is 0 Å². The number of amides is 1. The van der Waals surface area contributed by atoms with Crippen LogP contribution in [0, 0.1) is 0 Å². The van der Waals surface area contributed by atoms with Crippen molar-refractivity contribution in [2.45, 2.75) is 13.0 Å². The summed E-state index contributed by atoms with van der Waals surface area (Å²) >= 11 is 3.59. The van der Waals surface area contributed by atoms with E-state index >= 15 is 0 Å². The van der Waals surface area contributed by atoms with Gasteiger partial charge in [-0.3, -0.25) is 4.98 Å². The average Bonchev–Trinajstić information content (AvgIpc) is 3.10. The summed E-state index contributed by atoms with van der Waals surface area (Å²) in [4.78, 5) is 18.9. The lowest BCUT2D eigenvalue weighted by atomic mass is 10.1. The molecular formula is C20H20BrN5O2. The molecule has 7 nitrogen and oxygen atoms in total. The van der Waals surface area contributed by atoms with E-state index in [4.69, 9.17) is 5.10 Å². The fourth-order valence-corrected chi connectivity index (χ4v) is 4.00. The maximum atomic E-state index is 11.2. The number of hydrogen-bond donors (Lipinski definition) is 1. The van der Waals surface area contributed by atoms with Crippen molar-refractivity contribution in [1.29, 1.82) is 0 Å². The first-order valence-corrected chi connectivity index (χ1v) is 9.83. The Labute approximate surface area is 171 Å². The molecule has 2 aromatic heterocycles. The maximum Gasteiger partial charge on any atom is 0.407 e. The highest BCUT2D eigenvalue weighted by Gasteiger charge is 2.26. The highest BCUT2D eigenvalue weighted by molar-refractivity contribution is 9.10. The number of halogens is 1. The molecule has 0 aliphatic carbocycles. The third kappa shape index (κ3) is 3.60. The van der Waals surface area contributed by atoms with Crippen LogP contribution in [0.15, 0.2) is 59.5 Å². The summed E-state index contributed by atoms with van der Waals surface area (Å²) in [7, 11) is 0. The Balaban J connectivity index is 1.54. The number of benzene rings is 1. The van der Waals surface area contributed by atoms with E-state index in [-0.39, 0.29) is 6.04 Å². The monoisotopic (exact) mass is 441 g/mol. The van der Waals surface area contributed by atoms with Gasteiger partial charge in [0.1, 0.15) is 5.69 Å². The van der Waals surface area contributed by atoms with Crippen LogP contribution in [0.5, 0.6) is 0 Å². The van der Waals surface area contributed by atoms with Gasteiger partial charge in [0.05, 0.1) is 10.2 Å². The molecule has 0 bridgehead atoms. The Morgan fingerprint density at radius 3 is 2.43 bits per heavy atom. The molecule has 1 fully saturated rings. The van der Waals surface area contributed by atoms with Crippen molar-refractivity contribution < 1.29 is 9.90 Å². The number of nitrogens with zero attached hydrogens (tertiary/aromatic N) is 5. The number of carboxylic acid groups (broad SMARTS) is 1. The summed E-state index contributed by atoms with van der Waals surface area (Å²) in [5.74, 6) is 0. The molecule has 3 heterocycles. The zero-order valence-corrected chi connectivity index (χ0v) is 17.0. The van der Waals surface area contributed by atoms with Crippen LogP contribution in [0.25, 0.3) is 16.9 Å². The predicted octanol–water partition coefficient (Wildman–Crippen LogP) is 3.89. The molecule has 0 saturated carbocycles.